The number of allylic oxidation sites excluding steroid dienone is 6. The van der Waals surface area contributed by atoms with Crippen molar-refractivity contribution < 1.29 is 0 Å². The Kier molecular flexibility index (Phi) is 15.1. The molecule has 0 nitrogen and oxygen atoms in total. The van der Waals surface area contributed by atoms with E-state index in [1.807, 2.05) is 0 Å². The number of rotatable bonds is 11. The summed E-state index contributed by atoms with van der Waals surface area (Å²) in [5.41, 5.74) is 0. The van der Waals surface area contributed by atoms with Crippen LogP contribution in [0.15, 0.2) is 36.5 Å². The molecule has 0 amide bonds. The van der Waals surface area contributed by atoms with Crippen LogP contribution < -0.4 is 0 Å². The van der Waals surface area contributed by atoms with E-state index in [2.05, 4.69) is 43.4 Å². The van der Waals surface area contributed by atoms with Crippen molar-refractivity contribution in [3.8, 4) is 0 Å². The Balaban J connectivity index is 3.26. The minimum atomic E-state index is 0.761. The molecule has 0 aromatic carbocycles. The Morgan fingerprint density at radius 3 is 2.00 bits per heavy atom. The molecule has 0 heterocycles. The van der Waals surface area contributed by atoms with Gasteiger partial charge < -0.3 is 0 Å². The van der Waals surface area contributed by atoms with Gasteiger partial charge in [0.05, 0.1) is 0 Å². The molecule has 0 unspecified atom stereocenters. The van der Waals surface area contributed by atoms with Crippen molar-refractivity contribution in [1.29, 1.82) is 0 Å². The molecule has 17 heavy (non-hydrogen) atoms. The molecule has 0 bridgehead atoms. The first-order chi connectivity index (χ1) is 8.41. The summed E-state index contributed by atoms with van der Waals surface area (Å²) in [5, 5.41) is 0. The van der Waals surface area contributed by atoms with E-state index in [-0.39, 0.29) is 0 Å². The summed E-state index contributed by atoms with van der Waals surface area (Å²) in [6.45, 7) is 2.25. The zero-order valence-electron chi connectivity index (χ0n) is 11.2. The van der Waals surface area contributed by atoms with E-state index in [4.69, 9.17) is 11.6 Å². The molecule has 0 aliphatic carbocycles. The Morgan fingerprint density at radius 2 is 1.29 bits per heavy atom. The number of hydrogen-bond donors (Lipinski definition) is 0. The Labute approximate surface area is 112 Å². The summed E-state index contributed by atoms with van der Waals surface area (Å²) in [4.78, 5) is 0. The Bertz CT molecular complexity index is 214. The van der Waals surface area contributed by atoms with Gasteiger partial charge >= 0.3 is 0 Å². The highest BCUT2D eigenvalue weighted by atomic mass is 35.5. The van der Waals surface area contributed by atoms with Crippen LogP contribution >= 0.6 is 11.6 Å². The molecule has 0 aromatic rings. The van der Waals surface area contributed by atoms with Crippen LogP contribution in [0, 0.1) is 0 Å². The molecule has 0 atom stereocenters. The van der Waals surface area contributed by atoms with Crippen molar-refractivity contribution in [2.45, 2.75) is 58.3 Å². The van der Waals surface area contributed by atoms with E-state index < -0.39 is 0 Å². The molecule has 0 rings (SSSR count). The van der Waals surface area contributed by atoms with Gasteiger partial charge in [-0.15, -0.1) is 11.6 Å². The lowest BCUT2D eigenvalue weighted by Crippen LogP contribution is -1.71. The fraction of sp³-hybridized carbons (Fsp3) is 0.625. The van der Waals surface area contributed by atoms with Crippen molar-refractivity contribution in [3.05, 3.63) is 36.5 Å². The van der Waals surface area contributed by atoms with Gasteiger partial charge in [0.1, 0.15) is 0 Å². The van der Waals surface area contributed by atoms with E-state index in [1.165, 1.54) is 25.7 Å². The fourth-order valence-corrected chi connectivity index (χ4v) is 1.64. The third-order valence-electron chi connectivity index (χ3n) is 2.53. The summed E-state index contributed by atoms with van der Waals surface area (Å²) >= 11 is 5.58. The van der Waals surface area contributed by atoms with Gasteiger partial charge in [-0.25, -0.2) is 0 Å². The van der Waals surface area contributed by atoms with Crippen LogP contribution in [0.25, 0.3) is 0 Å². The van der Waals surface area contributed by atoms with Gasteiger partial charge in [-0.3, -0.25) is 0 Å². The van der Waals surface area contributed by atoms with Crippen LogP contribution in [0.3, 0.4) is 0 Å². The number of halogens is 1. The third-order valence-corrected chi connectivity index (χ3v) is 2.80. The van der Waals surface area contributed by atoms with Gasteiger partial charge in [-0.05, 0) is 38.5 Å². The van der Waals surface area contributed by atoms with E-state index >= 15 is 0 Å². The van der Waals surface area contributed by atoms with Crippen LogP contribution in [0.1, 0.15) is 58.3 Å². The zero-order valence-corrected chi connectivity index (χ0v) is 12.0. The van der Waals surface area contributed by atoms with Crippen molar-refractivity contribution in [2.75, 3.05) is 5.88 Å². The van der Waals surface area contributed by atoms with Crippen LogP contribution in [0.5, 0.6) is 0 Å². The third kappa shape index (κ3) is 15.5. The summed E-state index contributed by atoms with van der Waals surface area (Å²) in [5.74, 6) is 0.761. The lowest BCUT2D eigenvalue weighted by Gasteiger charge is -1.91. The van der Waals surface area contributed by atoms with Gasteiger partial charge in [0, 0.05) is 5.88 Å². The van der Waals surface area contributed by atoms with Crippen LogP contribution in [-0.2, 0) is 0 Å². The van der Waals surface area contributed by atoms with E-state index in [0.29, 0.717) is 0 Å². The molecule has 0 aliphatic rings. The average molecular weight is 255 g/mol. The summed E-state index contributed by atoms with van der Waals surface area (Å²) in [6, 6.07) is 0. The highest BCUT2D eigenvalue weighted by molar-refractivity contribution is 6.17. The van der Waals surface area contributed by atoms with Crippen LogP contribution in [-0.4, -0.2) is 5.88 Å². The first-order valence-electron chi connectivity index (χ1n) is 6.94. The molecule has 0 saturated heterocycles. The van der Waals surface area contributed by atoms with Crippen molar-refractivity contribution >= 4 is 11.6 Å². The largest absolute Gasteiger partial charge is 0.127 e. The molecule has 0 fully saturated rings. The van der Waals surface area contributed by atoms with E-state index in [1.54, 1.807) is 0 Å². The summed E-state index contributed by atoms with van der Waals surface area (Å²) in [6.07, 6.45) is 23.0. The lowest BCUT2D eigenvalue weighted by atomic mass is 10.2. The van der Waals surface area contributed by atoms with Crippen LogP contribution in [0.2, 0.25) is 0 Å². The predicted octanol–water partition coefficient (Wildman–Crippen LogP) is 6.03. The van der Waals surface area contributed by atoms with E-state index in [9.17, 15) is 0 Å². The summed E-state index contributed by atoms with van der Waals surface area (Å²) in [7, 11) is 0. The monoisotopic (exact) mass is 254 g/mol. The van der Waals surface area contributed by atoms with Crippen molar-refractivity contribution in [1.82, 2.24) is 0 Å². The lowest BCUT2D eigenvalue weighted by molar-refractivity contribution is 0.728. The maximum Gasteiger partial charge on any atom is 0.0226 e. The first-order valence-corrected chi connectivity index (χ1v) is 7.48. The zero-order chi connectivity index (χ0) is 12.6. The molecule has 0 spiro atoms. The Morgan fingerprint density at radius 1 is 0.706 bits per heavy atom. The quantitative estimate of drug-likeness (QED) is 0.183. The molecule has 0 saturated carbocycles. The molecule has 98 valence electrons. The summed E-state index contributed by atoms with van der Waals surface area (Å²) < 4.78 is 0. The minimum Gasteiger partial charge on any atom is -0.127 e. The number of unbranched alkanes of at least 4 members (excludes halogenated alkanes) is 5. The second kappa shape index (κ2) is 15.5. The molecular weight excluding hydrogens is 228 g/mol. The molecule has 1 heteroatoms. The fourth-order valence-electron chi connectivity index (χ4n) is 1.48. The molecule has 0 aliphatic heterocycles. The van der Waals surface area contributed by atoms with Gasteiger partial charge in [0.15, 0.2) is 0 Å². The highest BCUT2D eigenvalue weighted by Crippen LogP contribution is 2.01. The second-order valence-electron chi connectivity index (χ2n) is 4.23. The minimum absolute atomic E-state index is 0.761. The maximum atomic E-state index is 5.58. The number of hydrogen-bond acceptors (Lipinski definition) is 0. The first kappa shape index (κ1) is 16.5. The highest BCUT2D eigenvalue weighted by Gasteiger charge is 1.81. The number of alkyl halides is 1. The molecular formula is C16H27Cl. The molecule has 0 aromatic heterocycles. The topological polar surface area (TPSA) is 0 Å². The normalized spacial score (nSPS) is 12.4. The van der Waals surface area contributed by atoms with Crippen molar-refractivity contribution in [2.24, 2.45) is 0 Å². The van der Waals surface area contributed by atoms with Crippen LogP contribution in [0.4, 0.5) is 0 Å². The predicted molar refractivity (Wildman–Crippen MR) is 80.8 cm³/mol. The smallest absolute Gasteiger partial charge is 0.0226 e. The van der Waals surface area contributed by atoms with Gasteiger partial charge in [0.25, 0.3) is 0 Å². The molecule has 0 N–H and O–H groups in total. The van der Waals surface area contributed by atoms with Gasteiger partial charge in [0.2, 0.25) is 0 Å². The second-order valence-corrected chi connectivity index (χ2v) is 4.61. The standard InChI is InChI=1S/C16H27Cl/c1-2-3-4-5-6-7-8-9-10-11-12-13-14-15-16-17/h6-7,10-13H,2-5,8-9,14-16H2,1H3/b7-6-,11-10+,13-12+. The SMILES string of the molecule is CCCCC/C=C\CC/C=C/C=C/CCCCl. The molecule has 0 radical (unpaired) electrons. The van der Waals surface area contributed by atoms with Gasteiger partial charge in [-0.1, -0.05) is 56.2 Å². The Hall–Kier alpha value is -0.490. The maximum absolute atomic E-state index is 5.58. The van der Waals surface area contributed by atoms with Crippen molar-refractivity contribution in [3.63, 3.8) is 0 Å². The average Bonchev–Trinajstić information content (AvgIpc) is 2.35. The van der Waals surface area contributed by atoms with Gasteiger partial charge in [-0.2, -0.15) is 0 Å². The van der Waals surface area contributed by atoms with E-state index in [0.717, 1.165) is 31.6 Å².